The first-order valence-corrected chi connectivity index (χ1v) is 14.2. The van der Waals surface area contributed by atoms with Crippen molar-refractivity contribution in [2.75, 3.05) is 13.2 Å². The number of ketones is 1. The van der Waals surface area contributed by atoms with Gasteiger partial charge in [-0.25, -0.2) is 9.18 Å². The molecule has 1 fully saturated rings. The van der Waals surface area contributed by atoms with Crippen LogP contribution in [0.3, 0.4) is 0 Å². The van der Waals surface area contributed by atoms with E-state index in [1.807, 2.05) is 0 Å². The number of carbonyl (C=O) groups is 5. The molecule has 3 amide bonds. The standard InChI is InChI=1S/C31H39FN4O7/c1-5-42-27(38)11-10-24(16-21-12-13-33-29(21)39)34-30(40)22(15-20-6-8-23(32)9-7-20)17-26(37)28(18(2)3)35-31(41)25-14-19(4)43-36-25/h6-11,14,18,21-22,24,28H,5,12-13,15-17H2,1-4H3,(H,33,39)(H,34,40)(H,35,41)/b11-10+/t21-,22+,24+,28+/m0/s1/i4D3. The van der Waals surface area contributed by atoms with E-state index in [9.17, 15) is 28.4 Å². The average molecular weight is 602 g/mol. The van der Waals surface area contributed by atoms with E-state index in [1.54, 1.807) is 20.8 Å². The van der Waals surface area contributed by atoms with Gasteiger partial charge in [0, 0.05) is 47.1 Å². The van der Waals surface area contributed by atoms with E-state index in [1.165, 1.54) is 36.4 Å². The Morgan fingerprint density at radius 1 is 1.23 bits per heavy atom. The fourth-order valence-corrected chi connectivity index (χ4v) is 4.80. The zero-order valence-electron chi connectivity index (χ0n) is 27.4. The van der Waals surface area contributed by atoms with Crippen LogP contribution in [0.4, 0.5) is 4.39 Å². The number of aryl methyl sites for hydroxylation is 1. The minimum atomic E-state index is -2.62. The number of hydrogen-bond donors (Lipinski definition) is 3. The molecule has 3 N–H and O–H groups in total. The molecule has 2 heterocycles. The number of esters is 1. The van der Waals surface area contributed by atoms with Crippen LogP contribution >= 0.6 is 0 Å². The molecule has 1 aromatic heterocycles. The summed E-state index contributed by atoms with van der Waals surface area (Å²) in [7, 11) is 0. The summed E-state index contributed by atoms with van der Waals surface area (Å²) in [6, 6.07) is 4.61. The molecule has 43 heavy (non-hydrogen) atoms. The van der Waals surface area contributed by atoms with Gasteiger partial charge in [-0.1, -0.05) is 37.2 Å². The summed E-state index contributed by atoms with van der Waals surface area (Å²) in [6.07, 6.45) is 3.08. The lowest BCUT2D eigenvalue weighted by molar-refractivity contribution is -0.137. The molecule has 1 aromatic carbocycles. The molecule has 232 valence electrons. The smallest absolute Gasteiger partial charge is 0.330 e. The van der Waals surface area contributed by atoms with Crippen LogP contribution in [0.15, 0.2) is 47.0 Å². The Balaban J connectivity index is 1.83. The van der Waals surface area contributed by atoms with Gasteiger partial charge in [0.1, 0.15) is 11.6 Å². The first-order chi connectivity index (χ1) is 21.7. The number of nitrogens with zero attached hydrogens (tertiary/aromatic N) is 1. The summed E-state index contributed by atoms with van der Waals surface area (Å²) < 4.78 is 45.6. The highest BCUT2D eigenvalue weighted by Crippen LogP contribution is 2.21. The van der Waals surface area contributed by atoms with Gasteiger partial charge < -0.3 is 25.2 Å². The third kappa shape index (κ3) is 10.2. The molecule has 1 aliphatic rings. The van der Waals surface area contributed by atoms with Gasteiger partial charge in [0.2, 0.25) is 11.8 Å². The van der Waals surface area contributed by atoms with Gasteiger partial charge in [0.25, 0.3) is 5.91 Å². The first-order valence-electron chi connectivity index (χ1n) is 15.7. The van der Waals surface area contributed by atoms with Gasteiger partial charge in [-0.2, -0.15) is 0 Å². The molecule has 4 atom stereocenters. The minimum Gasteiger partial charge on any atom is -0.463 e. The first kappa shape index (κ1) is 28.8. The van der Waals surface area contributed by atoms with Crippen molar-refractivity contribution in [1.29, 1.82) is 0 Å². The van der Waals surface area contributed by atoms with Crippen LogP contribution in [-0.2, 0) is 30.3 Å². The number of Topliss-reactive ketones (excluding diaryl/α,β-unsaturated/α-hetero) is 1. The zero-order valence-corrected chi connectivity index (χ0v) is 24.4. The second-order valence-corrected chi connectivity index (χ2v) is 10.7. The predicted molar refractivity (Wildman–Crippen MR) is 154 cm³/mol. The highest BCUT2D eigenvalue weighted by Gasteiger charge is 2.32. The lowest BCUT2D eigenvalue weighted by Crippen LogP contribution is -2.47. The van der Waals surface area contributed by atoms with Crippen LogP contribution < -0.4 is 16.0 Å². The lowest BCUT2D eigenvalue weighted by atomic mass is 9.87. The van der Waals surface area contributed by atoms with Crippen molar-refractivity contribution < 1.29 is 41.7 Å². The number of nitrogens with one attached hydrogen (secondary N) is 3. The van der Waals surface area contributed by atoms with Crippen molar-refractivity contribution in [2.24, 2.45) is 17.8 Å². The second kappa shape index (κ2) is 15.8. The van der Waals surface area contributed by atoms with Crippen LogP contribution in [0.2, 0.25) is 0 Å². The Morgan fingerprint density at radius 3 is 2.58 bits per heavy atom. The topological polar surface area (TPSA) is 157 Å². The normalized spacial score (nSPS) is 18.2. The molecule has 0 unspecified atom stereocenters. The SMILES string of the molecule is [2H]C([2H])([2H])c1cc(C(=O)N[C@@H](C(=O)C[C@@H](Cc2ccc(F)cc2)C(=O)N[C@H](/C=C/C(=O)OCC)C[C@@H]2CCNC2=O)C(C)C)no1. The summed E-state index contributed by atoms with van der Waals surface area (Å²) in [5.74, 6) is -5.44. The van der Waals surface area contributed by atoms with Crippen LogP contribution in [-0.4, -0.2) is 59.9 Å². The van der Waals surface area contributed by atoms with E-state index in [0.29, 0.717) is 18.5 Å². The molecule has 0 radical (unpaired) electrons. The average Bonchev–Trinajstić information content (AvgIpc) is 3.65. The van der Waals surface area contributed by atoms with Crippen molar-refractivity contribution >= 4 is 29.5 Å². The van der Waals surface area contributed by atoms with E-state index in [-0.39, 0.29) is 37.5 Å². The van der Waals surface area contributed by atoms with Gasteiger partial charge in [0.15, 0.2) is 11.5 Å². The molecule has 1 aliphatic heterocycles. The van der Waals surface area contributed by atoms with Crippen LogP contribution in [0, 0.1) is 30.4 Å². The van der Waals surface area contributed by atoms with Crippen molar-refractivity contribution in [2.45, 2.75) is 65.4 Å². The fourth-order valence-electron chi connectivity index (χ4n) is 4.80. The maximum Gasteiger partial charge on any atom is 0.330 e. The largest absolute Gasteiger partial charge is 0.463 e. The number of benzene rings is 1. The number of hydrogen-bond acceptors (Lipinski definition) is 8. The molecule has 11 nitrogen and oxygen atoms in total. The van der Waals surface area contributed by atoms with E-state index in [4.69, 9.17) is 13.4 Å². The molecular weight excluding hydrogens is 559 g/mol. The summed E-state index contributed by atoms with van der Waals surface area (Å²) >= 11 is 0. The lowest BCUT2D eigenvalue weighted by Gasteiger charge is -2.25. The van der Waals surface area contributed by atoms with Crippen molar-refractivity contribution in [3.8, 4) is 0 Å². The summed E-state index contributed by atoms with van der Waals surface area (Å²) in [5, 5.41) is 11.7. The number of halogens is 1. The molecular formula is C31H39FN4O7. The van der Waals surface area contributed by atoms with Gasteiger partial charge in [0.05, 0.1) is 12.6 Å². The number of aromatic nitrogens is 1. The van der Waals surface area contributed by atoms with E-state index in [0.717, 1.165) is 6.07 Å². The summed E-state index contributed by atoms with van der Waals surface area (Å²) in [6.45, 7) is 3.05. The molecule has 0 bridgehead atoms. The summed E-state index contributed by atoms with van der Waals surface area (Å²) in [5.41, 5.74) is 0.255. The summed E-state index contributed by atoms with van der Waals surface area (Å²) in [4.78, 5) is 64.6. The number of ether oxygens (including phenoxy) is 1. The zero-order chi connectivity index (χ0) is 34.0. The van der Waals surface area contributed by atoms with Crippen molar-refractivity contribution in [3.63, 3.8) is 0 Å². The maximum atomic E-state index is 13.8. The van der Waals surface area contributed by atoms with Crippen LogP contribution in [0.5, 0.6) is 0 Å². The van der Waals surface area contributed by atoms with E-state index >= 15 is 0 Å². The Labute approximate surface area is 254 Å². The van der Waals surface area contributed by atoms with Crippen molar-refractivity contribution in [3.05, 3.63) is 65.3 Å². The molecule has 0 saturated carbocycles. The maximum absolute atomic E-state index is 13.8. The van der Waals surface area contributed by atoms with Crippen LogP contribution in [0.25, 0.3) is 0 Å². The van der Waals surface area contributed by atoms with Crippen molar-refractivity contribution in [1.82, 2.24) is 21.1 Å². The van der Waals surface area contributed by atoms with Crippen LogP contribution in [0.1, 0.15) is 66.0 Å². The molecule has 0 spiro atoms. The number of rotatable bonds is 15. The highest BCUT2D eigenvalue weighted by molar-refractivity contribution is 5.97. The molecule has 0 aliphatic carbocycles. The Morgan fingerprint density at radius 2 is 1.98 bits per heavy atom. The van der Waals surface area contributed by atoms with Gasteiger partial charge >= 0.3 is 5.97 Å². The van der Waals surface area contributed by atoms with E-state index < -0.39 is 71.8 Å². The van der Waals surface area contributed by atoms with E-state index in [2.05, 4.69) is 21.1 Å². The second-order valence-electron chi connectivity index (χ2n) is 10.7. The fraction of sp³-hybridized carbons (Fsp3) is 0.484. The van der Waals surface area contributed by atoms with Gasteiger partial charge in [-0.15, -0.1) is 0 Å². The monoisotopic (exact) mass is 601 g/mol. The Hall–Kier alpha value is -4.35. The molecule has 2 aromatic rings. The Kier molecular flexibility index (Phi) is 10.5. The molecule has 1 saturated heterocycles. The minimum absolute atomic E-state index is 0.0417. The van der Waals surface area contributed by atoms with Gasteiger partial charge in [-0.05, 0) is 56.7 Å². The third-order valence-corrected chi connectivity index (χ3v) is 7.04. The number of amides is 3. The quantitative estimate of drug-likeness (QED) is 0.208. The third-order valence-electron chi connectivity index (χ3n) is 7.04. The Bertz CT molecular complexity index is 1430. The predicted octanol–water partition coefficient (Wildman–Crippen LogP) is 2.82. The van der Waals surface area contributed by atoms with Gasteiger partial charge in [-0.3, -0.25) is 19.2 Å². The highest BCUT2D eigenvalue weighted by atomic mass is 19.1. The number of carbonyl (C=O) groups excluding carboxylic acids is 5. The molecule has 3 rings (SSSR count). The molecule has 12 heteroatoms.